The van der Waals surface area contributed by atoms with Crippen molar-refractivity contribution < 1.29 is 0 Å². The average Bonchev–Trinajstić information content (AvgIpc) is 2.29. The Morgan fingerprint density at radius 2 is 1.87 bits per heavy atom. The molecule has 2 N–H and O–H groups in total. The summed E-state index contributed by atoms with van der Waals surface area (Å²) < 4.78 is 0. The van der Waals surface area contributed by atoms with Gasteiger partial charge in [-0.1, -0.05) is 0 Å². The Bertz CT molecular complexity index is 337. The van der Waals surface area contributed by atoms with Crippen LogP contribution in [0.2, 0.25) is 0 Å². The molecule has 2 rings (SSSR count). The third-order valence-corrected chi connectivity index (χ3v) is 2.68. The summed E-state index contributed by atoms with van der Waals surface area (Å²) in [5.41, 5.74) is 5.59. The molecule has 0 aliphatic carbocycles. The number of halogens is 1. The Morgan fingerprint density at radius 1 is 1.13 bits per heavy atom. The van der Waals surface area contributed by atoms with E-state index in [4.69, 9.17) is 17.3 Å². The molecule has 82 valence electrons. The molecule has 2 heterocycles. The van der Waals surface area contributed by atoms with E-state index in [1.165, 1.54) is 19.3 Å². The van der Waals surface area contributed by atoms with Crippen LogP contribution in [0.4, 0.5) is 11.9 Å². The van der Waals surface area contributed by atoms with Gasteiger partial charge in [-0.25, -0.2) is 0 Å². The largest absolute Gasteiger partial charge is 0.368 e. The Kier molecular flexibility index (Phi) is 3.20. The second kappa shape index (κ2) is 4.61. The van der Waals surface area contributed by atoms with Crippen molar-refractivity contribution in [3.05, 3.63) is 5.82 Å². The lowest BCUT2D eigenvalue weighted by Gasteiger charge is -2.26. The first-order valence-electron chi connectivity index (χ1n) is 5.11. The van der Waals surface area contributed by atoms with Gasteiger partial charge in [0.25, 0.3) is 0 Å². The molecule has 1 aliphatic heterocycles. The number of nitrogen functional groups attached to an aromatic ring is 1. The highest BCUT2D eigenvalue weighted by atomic mass is 35.5. The smallest absolute Gasteiger partial charge is 0.230 e. The van der Waals surface area contributed by atoms with E-state index < -0.39 is 0 Å². The van der Waals surface area contributed by atoms with Crippen LogP contribution in [0.3, 0.4) is 0 Å². The molecule has 0 radical (unpaired) electrons. The number of rotatable bonds is 2. The number of hydrogen-bond donors (Lipinski definition) is 1. The second-order valence-corrected chi connectivity index (χ2v) is 3.86. The fraction of sp³-hybridized carbons (Fsp3) is 0.667. The molecule has 0 atom stereocenters. The lowest BCUT2D eigenvalue weighted by Crippen LogP contribution is -2.31. The van der Waals surface area contributed by atoms with Crippen molar-refractivity contribution in [1.29, 1.82) is 0 Å². The SMILES string of the molecule is Nc1nc(CCl)nc(N2CCCCC2)n1. The number of alkyl halides is 1. The fourth-order valence-corrected chi connectivity index (χ4v) is 1.84. The topological polar surface area (TPSA) is 67.9 Å². The van der Waals surface area contributed by atoms with Crippen LogP contribution < -0.4 is 10.6 Å². The van der Waals surface area contributed by atoms with Gasteiger partial charge in [-0.3, -0.25) is 0 Å². The molecular formula is C9H14ClN5. The molecule has 1 fully saturated rings. The maximum Gasteiger partial charge on any atom is 0.230 e. The molecule has 0 spiro atoms. The molecular weight excluding hydrogens is 214 g/mol. The van der Waals surface area contributed by atoms with E-state index in [-0.39, 0.29) is 11.8 Å². The van der Waals surface area contributed by atoms with E-state index in [0.717, 1.165) is 13.1 Å². The van der Waals surface area contributed by atoms with Crippen molar-refractivity contribution in [2.45, 2.75) is 25.1 Å². The highest BCUT2D eigenvalue weighted by Crippen LogP contribution is 2.16. The highest BCUT2D eigenvalue weighted by Gasteiger charge is 2.14. The zero-order valence-corrected chi connectivity index (χ0v) is 9.24. The second-order valence-electron chi connectivity index (χ2n) is 3.59. The van der Waals surface area contributed by atoms with E-state index in [1.807, 2.05) is 0 Å². The van der Waals surface area contributed by atoms with Crippen molar-refractivity contribution in [3.63, 3.8) is 0 Å². The van der Waals surface area contributed by atoms with E-state index >= 15 is 0 Å². The van der Waals surface area contributed by atoms with Gasteiger partial charge in [0, 0.05) is 13.1 Å². The first-order valence-corrected chi connectivity index (χ1v) is 5.64. The first kappa shape index (κ1) is 10.4. The van der Waals surface area contributed by atoms with Crippen LogP contribution in [0.5, 0.6) is 0 Å². The molecule has 1 aliphatic rings. The first-order chi connectivity index (χ1) is 7.29. The Hall–Kier alpha value is -1.10. The van der Waals surface area contributed by atoms with Crippen LogP contribution in [0, 0.1) is 0 Å². The molecule has 1 saturated heterocycles. The molecule has 6 heteroatoms. The van der Waals surface area contributed by atoms with Crippen molar-refractivity contribution in [2.24, 2.45) is 0 Å². The van der Waals surface area contributed by atoms with E-state index in [0.29, 0.717) is 11.8 Å². The Labute approximate surface area is 93.7 Å². The quantitative estimate of drug-likeness (QED) is 0.769. The Balaban J connectivity index is 2.22. The van der Waals surface area contributed by atoms with Crippen LogP contribution in [0.1, 0.15) is 25.1 Å². The Morgan fingerprint density at radius 3 is 2.53 bits per heavy atom. The van der Waals surface area contributed by atoms with Crippen molar-refractivity contribution in [1.82, 2.24) is 15.0 Å². The zero-order chi connectivity index (χ0) is 10.7. The fourth-order valence-electron chi connectivity index (χ4n) is 1.72. The normalized spacial score (nSPS) is 16.7. The number of hydrogen-bond acceptors (Lipinski definition) is 5. The van der Waals surface area contributed by atoms with Crippen LogP contribution in [0.15, 0.2) is 0 Å². The van der Waals surface area contributed by atoms with Gasteiger partial charge in [0.1, 0.15) is 0 Å². The minimum Gasteiger partial charge on any atom is -0.368 e. The van der Waals surface area contributed by atoms with E-state index in [2.05, 4.69) is 19.9 Å². The van der Waals surface area contributed by atoms with Crippen LogP contribution >= 0.6 is 11.6 Å². The summed E-state index contributed by atoms with van der Waals surface area (Å²) in [6, 6.07) is 0. The highest BCUT2D eigenvalue weighted by molar-refractivity contribution is 6.16. The summed E-state index contributed by atoms with van der Waals surface area (Å²) in [6.07, 6.45) is 3.64. The standard InChI is InChI=1S/C9H14ClN5/c10-6-7-12-8(11)14-9(13-7)15-4-2-1-3-5-15/h1-6H2,(H2,11,12,13,14). The van der Waals surface area contributed by atoms with E-state index in [9.17, 15) is 0 Å². The third-order valence-electron chi connectivity index (χ3n) is 2.45. The summed E-state index contributed by atoms with van der Waals surface area (Å²) in [4.78, 5) is 14.5. The molecule has 0 saturated carbocycles. The summed E-state index contributed by atoms with van der Waals surface area (Å²) in [5.74, 6) is 1.73. The lowest BCUT2D eigenvalue weighted by molar-refractivity contribution is 0.567. The van der Waals surface area contributed by atoms with Gasteiger partial charge in [0.05, 0.1) is 5.88 Å². The van der Waals surface area contributed by atoms with Crippen molar-refractivity contribution in [3.8, 4) is 0 Å². The molecule has 0 bridgehead atoms. The number of nitrogens with zero attached hydrogens (tertiary/aromatic N) is 4. The van der Waals surface area contributed by atoms with Crippen LogP contribution in [-0.4, -0.2) is 28.0 Å². The average molecular weight is 228 g/mol. The number of aromatic nitrogens is 3. The number of anilines is 2. The molecule has 0 unspecified atom stereocenters. The molecule has 5 nitrogen and oxygen atoms in total. The van der Waals surface area contributed by atoms with Crippen molar-refractivity contribution in [2.75, 3.05) is 23.7 Å². The number of piperidine rings is 1. The molecule has 0 amide bonds. The predicted octanol–water partition coefficient (Wildman–Crippen LogP) is 1.18. The van der Waals surface area contributed by atoms with Crippen molar-refractivity contribution >= 4 is 23.5 Å². The monoisotopic (exact) mass is 227 g/mol. The van der Waals surface area contributed by atoms with E-state index in [1.54, 1.807) is 0 Å². The minimum absolute atomic E-state index is 0.251. The maximum absolute atomic E-state index is 5.68. The van der Waals surface area contributed by atoms with Gasteiger partial charge >= 0.3 is 0 Å². The van der Waals surface area contributed by atoms with Gasteiger partial charge in [-0.2, -0.15) is 15.0 Å². The van der Waals surface area contributed by atoms with Gasteiger partial charge in [0.15, 0.2) is 5.82 Å². The van der Waals surface area contributed by atoms with Crippen LogP contribution in [-0.2, 0) is 5.88 Å². The predicted molar refractivity (Wildman–Crippen MR) is 59.9 cm³/mol. The minimum atomic E-state index is 0.251. The molecule has 15 heavy (non-hydrogen) atoms. The summed E-state index contributed by atoms with van der Waals surface area (Å²) >= 11 is 5.68. The zero-order valence-electron chi connectivity index (χ0n) is 8.49. The molecule has 1 aromatic heterocycles. The summed E-state index contributed by atoms with van der Waals surface area (Å²) in [5, 5.41) is 0. The molecule has 0 aromatic carbocycles. The third kappa shape index (κ3) is 2.47. The number of nitrogens with two attached hydrogens (primary N) is 1. The van der Waals surface area contributed by atoms with Gasteiger partial charge in [-0.05, 0) is 19.3 Å². The summed E-state index contributed by atoms with van der Waals surface area (Å²) in [7, 11) is 0. The van der Waals surface area contributed by atoms with Gasteiger partial charge < -0.3 is 10.6 Å². The van der Waals surface area contributed by atoms with Gasteiger partial charge in [0.2, 0.25) is 11.9 Å². The summed E-state index contributed by atoms with van der Waals surface area (Å²) in [6.45, 7) is 1.98. The van der Waals surface area contributed by atoms with Gasteiger partial charge in [-0.15, -0.1) is 11.6 Å². The molecule has 1 aromatic rings. The lowest BCUT2D eigenvalue weighted by atomic mass is 10.1. The maximum atomic E-state index is 5.68. The van der Waals surface area contributed by atoms with Crippen LogP contribution in [0.25, 0.3) is 0 Å².